The van der Waals surface area contributed by atoms with Crippen LogP contribution in [0.2, 0.25) is 0 Å². The Balaban J connectivity index is 1.61. The summed E-state index contributed by atoms with van der Waals surface area (Å²) in [5, 5.41) is 14.2. The Morgan fingerprint density at radius 1 is 1.29 bits per heavy atom. The summed E-state index contributed by atoms with van der Waals surface area (Å²) in [5.74, 6) is 0. The molecule has 0 radical (unpaired) electrons. The van der Waals surface area contributed by atoms with Gasteiger partial charge in [-0.3, -0.25) is 4.98 Å². The van der Waals surface area contributed by atoms with E-state index in [9.17, 15) is 5.11 Å². The van der Waals surface area contributed by atoms with Gasteiger partial charge in [-0.1, -0.05) is 6.07 Å². The highest BCUT2D eigenvalue weighted by molar-refractivity contribution is 5.06. The van der Waals surface area contributed by atoms with Gasteiger partial charge in [0, 0.05) is 24.0 Å². The number of aromatic nitrogens is 1. The minimum Gasteiger partial charge on any atom is -0.390 e. The summed E-state index contributed by atoms with van der Waals surface area (Å²) in [5.41, 5.74) is 0.626. The normalized spacial score (nSPS) is 36.1. The lowest BCUT2D eigenvalue weighted by Gasteiger charge is -2.37. The molecule has 0 spiro atoms. The van der Waals surface area contributed by atoms with E-state index in [2.05, 4.69) is 10.3 Å². The van der Waals surface area contributed by atoms with Gasteiger partial charge in [0.2, 0.25) is 0 Å². The Labute approximate surface area is 102 Å². The summed E-state index contributed by atoms with van der Waals surface area (Å²) in [7, 11) is 0. The van der Waals surface area contributed by atoms with E-state index in [-0.39, 0.29) is 0 Å². The minimum atomic E-state index is -0.464. The highest BCUT2D eigenvalue weighted by Crippen LogP contribution is 2.36. The first-order valence-corrected chi connectivity index (χ1v) is 6.62. The molecule has 3 heteroatoms. The van der Waals surface area contributed by atoms with Gasteiger partial charge in [0.25, 0.3) is 0 Å². The number of piperidine rings is 1. The number of pyridine rings is 1. The van der Waals surface area contributed by atoms with Crippen molar-refractivity contribution in [1.82, 2.24) is 10.3 Å². The lowest BCUT2D eigenvalue weighted by molar-refractivity contribution is -0.0138. The number of hydrogen-bond acceptors (Lipinski definition) is 3. The van der Waals surface area contributed by atoms with Crippen molar-refractivity contribution in [3.63, 3.8) is 0 Å². The van der Waals surface area contributed by atoms with Crippen LogP contribution in [0.15, 0.2) is 24.4 Å². The van der Waals surface area contributed by atoms with Crippen molar-refractivity contribution < 1.29 is 5.11 Å². The molecule has 2 bridgehead atoms. The fourth-order valence-corrected chi connectivity index (χ4v) is 3.34. The number of hydrogen-bond donors (Lipinski definition) is 2. The summed E-state index contributed by atoms with van der Waals surface area (Å²) < 4.78 is 0. The standard InChI is InChI=1S/C14H20N2O/c17-14(7-6-11-3-1-2-8-15-11)9-12-4-5-13(10-14)16-12/h1-3,8,12-13,16-17H,4-7,9-10H2. The lowest BCUT2D eigenvalue weighted by atomic mass is 9.83. The molecule has 0 saturated carbocycles. The molecule has 2 aliphatic heterocycles. The van der Waals surface area contributed by atoms with E-state index in [4.69, 9.17) is 0 Å². The fraction of sp³-hybridized carbons (Fsp3) is 0.643. The third-order valence-electron chi connectivity index (χ3n) is 4.16. The third-order valence-corrected chi connectivity index (χ3v) is 4.16. The second kappa shape index (κ2) is 4.39. The van der Waals surface area contributed by atoms with E-state index in [1.165, 1.54) is 12.8 Å². The van der Waals surface area contributed by atoms with Gasteiger partial charge >= 0.3 is 0 Å². The van der Waals surface area contributed by atoms with Crippen LogP contribution < -0.4 is 5.32 Å². The summed E-state index contributed by atoms with van der Waals surface area (Å²) in [4.78, 5) is 4.32. The van der Waals surface area contributed by atoms with Crippen molar-refractivity contribution in [1.29, 1.82) is 0 Å². The summed E-state index contributed by atoms with van der Waals surface area (Å²) in [6, 6.07) is 7.07. The van der Waals surface area contributed by atoms with E-state index in [0.717, 1.165) is 31.4 Å². The molecule has 3 nitrogen and oxygen atoms in total. The van der Waals surface area contributed by atoms with Crippen LogP contribution in [0.5, 0.6) is 0 Å². The number of aliphatic hydroxyl groups is 1. The molecular formula is C14H20N2O. The summed E-state index contributed by atoms with van der Waals surface area (Å²) in [6.07, 6.45) is 7.85. The first kappa shape index (κ1) is 11.2. The second-order valence-corrected chi connectivity index (χ2v) is 5.59. The maximum Gasteiger partial charge on any atom is 0.0681 e. The van der Waals surface area contributed by atoms with Crippen LogP contribution in [0.1, 0.15) is 37.8 Å². The largest absolute Gasteiger partial charge is 0.390 e. The number of fused-ring (bicyclic) bond motifs is 2. The van der Waals surface area contributed by atoms with Crippen LogP contribution in [0.3, 0.4) is 0 Å². The van der Waals surface area contributed by atoms with E-state index < -0.39 is 5.60 Å². The highest BCUT2D eigenvalue weighted by atomic mass is 16.3. The van der Waals surface area contributed by atoms with Crippen molar-refractivity contribution in [2.45, 2.75) is 56.2 Å². The SMILES string of the molecule is OC1(CCc2ccccn2)CC2CCC(C1)N2. The zero-order valence-electron chi connectivity index (χ0n) is 10.1. The van der Waals surface area contributed by atoms with Gasteiger partial charge in [0.05, 0.1) is 5.60 Å². The maximum absolute atomic E-state index is 10.6. The molecule has 0 amide bonds. The Bertz CT molecular complexity index is 367. The smallest absolute Gasteiger partial charge is 0.0681 e. The average molecular weight is 232 g/mol. The molecule has 1 aromatic rings. The number of rotatable bonds is 3. The molecule has 2 fully saturated rings. The molecule has 2 unspecified atom stereocenters. The number of aryl methyl sites for hydroxylation is 1. The second-order valence-electron chi connectivity index (χ2n) is 5.59. The predicted molar refractivity (Wildman–Crippen MR) is 66.7 cm³/mol. The van der Waals surface area contributed by atoms with Gasteiger partial charge in [-0.25, -0.2) is 0 Å². The van der Waals surface area contributed by atoms with E-state index in [1.54, 1.807) is 0 Å². The Kier molecular flexibility index (Phi) is 2.89. The van der Waals surface area contributed by atoms with Gasteiger partial charge in [0.15, 0.2) is 0 Å². The molecular weight excluding hydrogens is 212 g/mol. The summed E-state index contributed by atoms with van der Waals surface area (Å²) in [6.45, 7) is 0. The van der Waals surface area contributed by atoms with Crippen molar-refractivity contribution >= 4 is 0 Å². The van der Waals surface area contributed by atoms with Gasteiger partial charge < -0.3 is 10.4 Å². The van der Waals surface area contributed by atoms with Crippen molar-refractivity contribution in [3.8, 4) is 0 Å². The van der Waals surface area contributed by atoms with Gasteiger partial charge in [-0.2, -0.15) is 0 Å². The molecule has 92 valence electrons. The zero-order valence-corrected chi connectivity index (χ0v) is 10.1. The monoisotopic (exact) mass is 232 g/mol. The molecule has 3 rings (SSSR count). The van der Waals surface area contributed by atoms with Gasteiger partial charge in [-0.05, 0) is 50.7 Å². The van der Waals surface area contributed by atoms with Crippen molar-refractivity contribution in [3.05, 3.63) is 30.1 Å². The molecule has 2 saturated heterocycles. The molecule has 2 atom stereocenters. The van der Waals surface area contributed by atoms with Crippen LogP contribution >= 0.6 is 0 Å². The Morgan fingerprint density at radius 3 is 2.71 bits per heavy atom. The maximum atomic E-state index is 10.6. The molecule has 0 aromatic carbocycles. The molecule has 0 aliphatic carbocycles. The first-order valence-electron chi connectivity index (χ1n) is 6.62. The molecule has 2 N–H and O–H groups in total. The first-order chi connectivity index (χ1) is 8.23. The minimum absolute atomic E-state index is 0.464. The zero-order chi connectivity index (χ0) is 11.7. The van der Waals surface area contributed by atoms with Crippen molar-refractivity contribution in [2.24, 2.45) is 0 Å². The highest BCUT2D eigenvalue weighted by Gasteiger charge is 2.41. The van der Waals surface area contributed by atoms with Gasteiger partial charge in [0.1, 0.15) is 0 Å². The number of nitrogens with one attached hydrogen (secondary N) is 1. The summed E-state index contributed by atoms with van der Waals surface area (Å²) >= 11 is 0. The Morgan fingerprint density at radius 2 is 2.06 bits per heavy atom. The quantitative estimate of drug-likeness (QED) is 0.833. The number of nitrogens with zero attached hydrogens (tertiary/aromatic N) is 1. The van der Waals surface area contributed by atoms with Crippen LogP contribution in [-0.4, -0.2) is 27.8 Å². The molecule has 17 heavy (non-hydrogen) atoms. The topological polar surface area (TPSA) is 45.2 Å². The van der Waals surface area contributed by atoms with Crippen LogP contribution in [0.25, 0.3) is 0 Å². The van der Waals surface area contributed by atoms with E-state index >= 15 is 0 Å². The van der Waals surface area contributed by atoms with E-state index in [0.29, 0.717) is 12.1 Å². The lowest BCUT2D eigenvalue weighted by Crippen LogP contribution is -2.48. The van der Waals surface area contributed by atoms with Crippen molar-refractivity contribution in [2.75, 3.05) is 0 Å². The molecule has 1 aromatic heterocycles. The van der Waals surface area contributed by atoms with E-state index in [1.807, 2.05) is 24.4 Å². The third kappa shape index (κ3) is 2.50. The van der Waals surface area contributed by atoms with Crippen LogP contribution in [0, 0.1) is 0 Å². The molecule has 3 heterocycles. The van der Waals surface area contributed by atoms with Crippen LogP contribution in [0.4, 0.5) is 0 Å². The fourth-order valence-electron chi connectivity index (χ4n) is 3.34. The molecule has 2 aliphatic rings. The van der Waals surface area contributed by atoms with Crippen LogP contribution in [-0.2, 0) is 6.42 Å². The predicted octanol–water partition coefficient (Wildman–Crippen LogP) is 1.66. The Hall–Kier alpha value is -0.930. The average Bonchev–Trinajstić information content (AvgIpc) is 2.69. The van der Waals surface area contributed by atoms with Gasteiger partial charge in [-0.15, -0.1) is 0 Å².